The van der Waals surface area contributed by atoms with Crippen LogP contribution in [0, 0.1) is 35.5 Å². The molecule has 0 amide bonds. The molecule has 122 valence electrons. The van der Waals surface area contributed by atoms with Gasteiger partial charge in [-0.2, -0.15) is 0 Å². The van der Waals surface area contributed by atoms with Crippen LogP contribution in [0.3, 0.4) is 0 Å². The van der Waals surface area contributed by atoms with Gasteiger partial charge in [-0.1, -0.05) is 26.7 Å². The Bertz CT molecular complexity index is 300. The van der Waals surface area contributed by atoms with Gasteiger partial charge in [-0.15, -0.1) is 9.24 Å². The van der Waals surface area contributed by atoms with Crippen LogP contribution in [0.4, 0.5) is 0 Å². The van der Waals surface area contributed by atoms with E-state index in [9.17, 15) is 0 Å². The van der Waals surface area contributed by atoms with Crippen LogP contribution in [0.5, 0.6) is 0 Å². The summed E-state index contributed by atoms with van der Waals surface area (Å²) in [7, 11) is 3.13. The summed E-state index contributed by atoms with van der Waals surface area (Å²) >= 11 is 0. The molecule has 0 nitrogen and oxygen atoms in total. The van der Waals surface area contributed by atoms with Gasteiger partial charge in [0.05, 0.1) is 0 Å². The Morgan fingerprint density at radius 2 is 1.00 bits per heavy atom. The summed E-state index contributed by atoms with van der Waals surface area (Å²) < 4.78 is 0. The SMILES string of the molecule is CC1CCC(C2CCC(C3CC(C)CC(P)C3)CC2)CC1. The molecule has 0 aliphatic heterocycles. The first-order valence-corrected chi connectivity index (χ1v) is 10.5. The van der Waals surface area contributed by atoms with E-state index in [1.807, 2.05) is 0 Å². The number of hydrogen-bond acceptors (Lipinski definition) is 0. The molecule has 0 heterocycles. The Morgan fingerprint density at radius 3 is 1.52 bits per heavy atom. The van der Waals surface area contributed by atoms with Crippen LogP contribution in [-0.4, -0.2) is 5.66 Å². The average molecular weight is 308 g/mol. The number of rotatable bonds is 2. The molecule has 0 saturated heterocycles. The molecule has 1 heteroatoms. The van der Waals surface area contributed by atoms with Gasteiger partial charge in [0.1, 0.15) is 0 Å². The normalized spacial score (nSPS) is 49.0. The highest BCUT2D eigenvalue weighted by Crippen LogP contribution is 2.46. The maximum atomic E-state index is 3.13. The van der Waals surface area contributed by atoms with Crippen LogP contribution in [0.25, 0.3) is 0 Å². The average Bonchev–Trinajstić information content (AvgIpc) is 2.47. The molecule has 3 rings (SSSR count). The molecule has 3 saturated carbocycles. The van der Waals surface area contributed by atoms with Crippen LogP contribution in [0.1, 0.15) is 84.5 Å². The van der Waals surface area contributed by atoms with E-state index < -0.39 is 0 Å². The zero-order chi connectivity index (χ0) is 14.8. The van der Waals surface area contributed by atoms with Crippen LogP contribution in [0.15, 0.2) is 0 Å². The molecule has 3 aliphatic carbocycles. The zero-order valence-electron chi connectivity index (χ0n) is 14.4. The molecule has 0 aromatic rings. The van der Waals surface area contributed by atoms with Crippen molar-refractivity contribution in [3.63, 3.8) is 0 Å². The Hall–Kier alpha value is 0.430. The molecule has 4 atom stereocenters. The highest BCUT2D eigenvalue weighted by atomic mass is 31.0. The molecule has 4 unspecified atom stereocenters. The smallest absolute Gasteiger partial charge is 0.0259 e. The van der Waals surface area contributed by atoms with Crippen LogP contribution < -0.4 is 0 Å². The van der Waals surface area contributed by atoms with E-state index in [1.165, 1.54) is 32.1 Å². The topological polar surface area (TPSA) is 0 Å². The summed E-state index contributed by atoms with van der Waals surface area (Å²) in [6, 6.07) is 0. The van der Waals surface area contributed by atoms with Gasteiger partial charge in [0, 0.05) is 0 Å². The Morgan fingerprint density at radius 1 is 0.524 bits per heavy atom. The largest absolute Gasteiger partial charge is 0.134 e. The van der Waals surface area contributed by atoms with Crippen LogP contribution in [-0.2, 0) is 0 Å². The summed E-state index contributed by atoms with van der Waals surface area (Å²) in [4.78, 5) is 0. The standard InChI is InChI=1S/C20H37P/c1-14-3-5-16(6-4-14)17-7-9-18(10-8-17)19-11-15(2)12-20(21)13-19/h14-20H,3-13,21H2,1-2H3. The second kappa shape index (κ2) is 7.33. The summed E-state index contributed by atoms with van der Waals surface area (Å²) in [6.45, 7) is 4.94. The second-order valence-electron chi connectivity index (χ2n) is 9.03. The van der Waals surface area contributed by atoms with E-state index in [-0.39, 0.29) is 0 Å². The molecule has 3 fully saturated rings. The first-order valence-electron chi connectivity index (χ1n) is 9.87. The minimum absolute atomic E-state index is 0.913. The van der Waals surface area contributed by atoms with Crippen LogP contribution >= 0.6 is 9.24 Å². The van der Waals surface area contributed by atoms with Crippen molar-refractivity contribution in [2.24, 2.45) is 35.5 Å². The van der Waals surface area contributed by atoms with Crippen molar-refractivity contribution in [3.8, 4) is 0 Å². The van der Waals surface area contributed by atoms with Gasteiger partial charge in [0.2, 0.25) is 0 Å². The van der Waals surface area contributed by atoms with Gasteiger partial charge in [-0.05, 0) is 99.0 Å². The van der Waals surface area contributed by atoms with Gasteiger partial charge in [0.15, 0.2) is 0 Å². The van der Waals surface area contributed by atoms with Crippen LogP contribution in [0.2, 0.25) is 0 Å². The molecule has 0 aromatic carbocycles. The fourth-order valence-electron chi connectivity index (χ4n) is 5.94. The van der Waals surface area contributed by atoms with E-state index in [4.69, 9.17) is 0 Å². The summed E-state index contributed by atoms with van der Waals surface area (Å²) in [6.07, 6.45) is 16.9. The minimum Gasteiger partial charge on any atom is -0.134 e. The van der Waals surface area contributed by atoms with Crippen molar-refractivity contribution in [1.29, 1.82) is 0 Å². The molecular formula is C20H37P. The lowest BCUT2D eigenvalue weighted by molar-refractivity contribution is 0.106. The first kappa shape index (κ1) is 16.3. The molecule has 21 heavy (non-hydrogen) atoms. The molecule has 0 aromatic heterocycles. The summed E-state index contributed by atoms with van der Waals surface area (Å²) in [5.41, 5.74) is 0.913. The maximum Gasteiger partial charge on any atom is -0.0259 e. The first-order chi connectivity index (χ1) is 10.1. The fourth-order valence-corrected chi connectivity index (χ4v) is 6.76. The van der Waals surface area contributed by atoms with E-state index in [2.05, 4.69) is 23.1 Å². The van der Waals surface area contributed by atoms with Gasteiger partial charge >= 0.3 is 0 Å². The molecule has 0 spiro atoms. The minimum atomic E-state index is 0.913. The quantitative estimate of drug-likeness (QED) is 0.525. The molecule has 0 radical (unpaired) electrons. The molecule has 3 aliphatic rings. The van der Waals surface area contributed by atoms with Gasteiger partial charge < -0.3 is 0 Å². The summed E-state index contributed by atoms with van der Waals surface area (Å²) in [5, 5.41) is 0. The van der Waals surface area contributed by atoms with Crippen molar-refractivity contribution in [2.45, 2.75) is 90.1 Å². The van der Waals surface area contributed by atoms with E-state index in [0.717, 1.165) is 41.2 Å². The fraction of sp³-hybridized carbons (Fsp3) is 1.00. The lowest BCUT2D eigenvalue weighted by atomic mass is 9.65. The predicted molar refractivity (Wildman–Crippen MR) is 96.6 cm³/mol. The van der Waals surface area contributed by atoms with E-state index in [1.54, 1.807) is 38.5 Å². The third kappa shape index (κ3) is 4.25. The van der Waals surface area contributed by atoms with Crippen molar-refractivity contribution < 1.29 is 0 Å². The molecule has 0 bridgehead atoms. The van der Waals surface area contributed by atoms with E-state index in [0.29, 0.717) is 0 Å². The summed E-state index contributed by atoms with van der Waals surface area (Å²) in [5.74, 6) is 6.32. The lowest BCUT2D eigenvalue weighted by Gasteiger charge is -2.42. The monoisotopic (exact) mass is 308 g/mol. The predicted octanol–water partition coefficient (Wildman–Crippen LogP) is 6.30. The third-order valence-electron chi connectivity index (χ3n) is 7.23. The molecular weight excluding hydrogens is 271 g/mol. The lowest BCUT2D eigenvalue weighted by Crippen LogP contribution is -2.31. The van der Waals surface area contributed by atoms with Gasteiger partial charge in [0.25, 0.3) is 0 Å². The van der Waals surface area contributed by atoms with Crippen molar-refractivity contribution in [1.82, 2.24) is 0 Å². The third-order valence-corrected chi connectivity index (χ3v) is 7.77. The van der Waals surface area contributed by atoms with Crippen molar-refractivity contribution >= 4 is 9.24 Å². The second-order valence-corrected chi connectivity index (χ2v) is 9.97. The zero-order valence-corrected chi connectivity index (χ0v) is 15.6. The van der Waals surface area contributed by atoms with Crippen molar-refractivity contribution in [2.75, 3.05) is 0 Å². The Kier molecular flexibility index (Phi) is 5.69. The van der Waals surface area contributed by atoms with Gasteiger partial charge in [-0.3, -0.25) is 0 Å². The highest BCUT2D eigenvalue weighted by molar-refractivity contribution is 7.17. The van der Waals surface area contributed by atoms with Gasteiger partial charge in [-0.25, -0.2) is 0 Å². The molecule has 0 N–H and O–H groups in total. The maximum absolute atomic E-state index is 3.13. The van der Waals surface area contributed by atoms with Crippen molar-refractivity contribution in [3.05, 3.63) is 0 Å². The highest BCUT2D eigenvalue weighted by Gasteiger charge is 2.35. The number of hydrogen-bond donors (Lipinski definition) is 0. The Labute approximate surface area is 135 Å². The van der Waals surface area contributed by atoms with E-state index >= 15 is 0 Å². The Balaban J connectivity index is 1.46.